The van der Waals surface area contributed by atoms with Crippen LogP contribution in [0.15, 0.2) is 0 Å². The summed E-state index contributed by atoms with van der Waals surface area (Å²) in [6.45, 7) is 20.2. The molecule has 0 N–H and O–H groups in total. The number of hydrogen-bond acceptors (Lipinski definition) is 0. The van der Waals surface area contributed by atoms with Crippen molar-refractivity contribution in [3.8, 4) is 0 Å². The molecule has 0 spiro atoms. The molecule has 0 aliphatic heterocycles. The smallest absolute Gasteiger partial charge is 0.0346 e. The first-order valence-electron chi connectivity index (χ1n) is 12.4. The van der Waals surface area contributed by atoms with Gasteiger partial charge in [0.15, 0.2) is 0 Å². The van der Waals surface area contributed by atoms with E-state index < -0.39 is 0 Å². The van der Waals surface area contributed by atoms with Gasteiger partial charge in [0.25, 0.3) is 0 Å². The van der Waals surface area contributed by atoms with Crippen molar-refractivity contribution in [3.05, 3.63) is 0 Å². The molecule has 3 fully saturated rings. The second-order valence-electron chi connectivity index (χ2n) is 13.9. The van der Waals surface area contributed by atoms with E-state index in [0.717, 1.165) is 35.5 Å². The largest absolute Gasteiger partial charge is 0.0625 e. The maximum absolute atomic E-state index is 2.55. The zero-order valence-corrected chi connectivity index (χ0v) is 20.0. The summed E-state index contributed by atoms with van der Waals surface area (Å²) < 4.78 is 0. The van der Waals surface area contributed by atoms with E-state index in [9.17, 15) is 0 Å². The van der Waals surface area contributed by atoms with Crippen LogP contribution in [0.25, 0.3) is 0 Å². The van der Waals surface area contributed by atoms with Crippen LogP contribution in [0.2, 0.25) is 0 Å². The predicted molar refractivity (Wildman–Crippen MR) is 120 cm³/mol. The maximum atomic E-state index is 2.55. The van der Waals surface area contributed by atoms with Gasteiger partial charge in [-0.25, -0.2) is 0 Å². The first kappa shape index (κ1) is 21.7. The van der Waals surface area contributed by atoms with Crippen molar-refractivity contribution in [2.75, 3.05) is 0 Å². The normalized spacial score (nSPS) is 40.7. The summed E-state index contributed by atoms with van der Waals surface area (Å²) in [5.41, 5.74) is 1.61. The molecule has 158 valence electrons. The van der Waals surface area contributed by atoms with Gasteiger partial charge in [-0.1, -0.05) is 61.8 Å². The third-order valence-electron chi connectivity index (χ3n) is 9.01. The highest BCUT2D eigenvalue weighted by molar-refractivity contribution is 4.96. The van der Waals surface area contributed by atoms with Crippen LogP contribution in [0.3, 0.4) is 0 Å². The van der Waals surface area contributed by atoms with E-state index in [1.165, 1.54) is 64.2 Å². The van der Waals surface area contributed by atoms with E-state index in [2.05, 4.69) is 55.4 Å². The van der Waals surface area contributed by atoms with Gasteiger partial charge in [0, 0.05) is 0 Å². The summed E-state index contributed by atoms with van der Waals surface area (Å²) >= 11 is 0. The Labute approximate surface area is 171 Å². The second-order valence-corrected chi connectivity index (χ2v) is 13.9. The molecule has 3 aliphatic carbocycles. The molecule has 0 amide bonds. The molecule has 3 saturated carbocycles. The highest BCUT2D eigenvalue weighted by Gasteiger charge is 2.46. The number of rotatable bonds is 2. The van der Waals surface area contributed by atoms with Gasteiger partial charge in [-0.2, -0.15) is 0 Å². The van der Waals surface area contributed by atoms with Crippen LogP contribution in [0.4, 0.5) is 0 Å². The van der Waals surface area contributed by atoms with Crippen molar-refractivity contribution in [1.29, 1.82) is 0 Å². The highest BCUT2D eigenvalue weighted by atomic mass is 14.5. The lowest BCUT2D eigenvalue weighted by molar-refractivity contribution is -0.0207. The average molecular weight is 375 g/mol. The SMILES string of the molecule is CC1CCC(C2CC(C)(C)CC(C)(C)C2)C(C2CCC(C(C)(C)C)CC2)C1. The summed E-state index contributed by atoms with van der Waals surface area (Å²) in [5.74, 6) is 6.00. The van der Waals surface area contributed by atoms with E-state index in [1.54, 1.807) is 0 Å². The quantitative estimate of drug-likeness (QED) is 0.453. The Balaban J connectivity index is 1.72. The van der Waals surface area contributed by atoms with E-state index in [4.69, 9.17) is 0 Å². The Morgan fingerprint density at radius 1 is 0.667 bits per heavy atom. The van der Waals surface area contributed by atoms with Gasteiger partial charge in [0.1, 0.15) is 0 Å². The third-order valence-corrected chi connectivity index (χ3v) is 9.01. The van der Waals surface area contributed by atoms with E-state index >= 15 is 0 Å². The number of hydrogen-bond donors (Lipinski definition) is 0. The van der Waals surface area contributed by atoms with Crippen LogP contribution < -0.4 is 0 Å². The molecule has 0 radical (unpaired) electrons. The van der Waals surface area contributed by atoms with Gasteiger partial charge in [-0.15, -0.1) is 0 Å². The lowest BCUT2D eigenvalue weighted by Gasteiger charge is -2.52. The molecular formula is C27H50. The molecule has 0 saturated heterocycles. The molecule has 3 unspecified atom stereocenters. The minimum absolute atomic E-state index is 0.516. The second kappa shape index (κ2) is 7.68. The van der Waals surface area contributed by atoms with Crippen molar-refractivity contribution < 1.29 is 0 Å². The molecule has 27 heavy (non-hydrogen) atoms. The van der Waals surface area contributed by atoms with Gasteiger partial charge in [0.05, 0.1) is 0 Å². The van der Waals surface area contributed by atoms with Crippen molar-refractivity contribution in [2.45, 2.75) is 120 Å². The zero-order valence-electron chi connectivity index (χ0n) is 20.0. The molecule has 0 aromatic carbocycles. The minimum Gasteiger partial charge on any atom is -0.0625 e. The molecule has 0 nitrogen and oxygen atoms in total. The fourth-order valence-electron chi connectivity index (χ4n) is 8.22. The summed E-state index contributed by atoms with van der Waals surface area (Å²) in [5, 5.41) is 0. The van der Waals surface area contributed by atoms with Crippen molar-refractivity contribution in [3.63, 3.8) is 0 Å². The van der Waals surface area contributed by atoms with Crippen molar-refractivity contribution in [1.82, 2.24) is 0 Å². The summed E-state index contributed by atoms with van der Waals surface area (Å²) in [4.78, 5) is 0. The third kappa shape index (κ3) is 5.33. The average Bonchev–Trinajstić information content (AvgIpc) is 2.51. The van der Waals surface area contributed by atoms with Crippen LogP contribution in [0.1, 0.15) is 120 Å². The molecule has 0 aromatic heterocycles. The van der Waals surface area contributed by atoms with Gasteiger partial charge in [0.2, 0.25) is 0 Å². The first-order valence-corrected chi connectivity index (χ1v) is 12.4. The molecule has 3 atom stereocenters. The summed E-state index contributed by atoms with van der Waals surface area (Å²) in [7, 11) is 0. The van der Waals surface area contributed by atoms with Crippen molar-refractivity contribution >= 4 is 0 Å². The van der Waals surface area contributed by atoms with Gasteiger partial charge in [-0.3, -0.25) is 0 Å². The van der Waals surface area contributed by atoms with Crippen molar-refractivity contribution in [2.24, 2.45) is 51.8 Å². The van der Waals surface area contributed by atoms with Gasteiger partial charge < -0.3 is 0 Å². The standard InChI is InChI=1S/C27H50/c1-19-9-14-23(21-16-26(5,6)18-27(7,8)17-21)24(15-19)20-10-12-22(13-11-20)25(2,3)4/h19-24H,9-18H2,1-8H3. The summed E-state index contributed by atoms with van der Waals surface area (Å²) in [6, 6.07) is 0. The molecular weight excluding hydrogens is 324 g/mol. The van der Waals surface area contributed by atoms with Crippen LogP contribution in [0, 0.1) is 51.8 Å². The zero-order chi connectivity index (χ0) is 20.0. The molecule has 0 aromatic rings. The van der Waals surface area contributed by atoms with Crippen LogP contribution in [-0.2, 0) is 0 Å². The molecule has 3 rings (SSSR count). The Kier molecular flexibility index (Phi) is 6.17. The molecule has 3 aliphatic rings. The Bertz CT molecular complexity index is 467. The fraction of sp³-hybridized carbons (Fsp3) is 1.00. The molecule has 0 bridgehead atoms. The lowest BCUT2D eigenvalue weighted by atomic mass is 9.53. The van der Waals surface area contributed by atoms with Gasteiger partial charge >= 0.3 is 0 Å². The topological polar surface area (TPSA) is 0 Å². The van der Waals surface area contributed by atoms with Crippen LogP contribution in [-0.4, -0.2) is 0 Å². The monoisotopic (exact) mass is 374 g/mol. The van der Waals surface area contributed by atoms with Crippen LogP contribution in [0.5, 0.6) is 0 Å². The minimum atomic E-state index is 0.516. The fourth-order valence-corrected chi connectivity index (χ4v) is 8.22. The Morgan fingerprint density at radius 3 is 1.74 bits per heavy atom. The highest BCUT2D eigenvalue weighted by Crippen LogP contribution is 2.56. The Hall–Kier alpha value is 0. The van der Waals surface area contributed by atoms with Crippen LogP contribution >= 0.6 is 0 Å². The maximum Gasteiger partial charge on any atom is -0.0346 e. The molecule has 0 heterocycles. The lowest BCUT2D eigenvalue weighted by Crippen LogP contribution is -2.43. The first-order chi connectivity index (χ1) is 12.4. The Morgan fingerprint density at radius 2 is 1.22 bits per heavy atom. The van der Waals surface area contributed by atoms with Gasteiger partial charge in [-0.05, 0) is 110 Å². The van der Waals surface area contributed by atoms with E-state index in [-0.39, 0.29) is 0 Å². The molecule has 0 heteroatoms. The van der Waals surface area contributed by atoms with E-state index in [1.807, 2.05) is 0 Å². The summed E-state index contributed by atoms with van der Waals surface area (Å²) in [6.07, 6.45) is 15.0. The predicted octanol–water partition coefficient (Wildman–Crippen LogP) is 8.74. The van der Waals surface area contributed by atoms with E-state index in [0.29, 0.717) is 16.2 Å².